The monoisotopic (exact) mass is 274 g/mol. The third-order valence-corrected chi connectivity index (χ3v) is 4.65. The molecule has 2 heterocycles. The van der Waals surface area contributed by atoms with Gasteiger partial charge < -0.3 is 5.73 Å². The number of likely N-dealkylation sites (tertiary alicyclic amines) is 1. The van der Waals surface area contributed by atoms with Crippen molar-refractivity contribution in [2.75, 3.05) is 6.54 Å². The summed E-state index contributed by atoms with van der Waals surface area (Å²) >= 11 is 0. The summed E-state index contributed by atoms with van der Waals surface area (Å²) in [5.41, 5.74) is 6.44. The van der Waals surface area contributed by atoms with Crippen molar-refractivity contribution in [1.29, 1.82) is 0 Å². The number of hydrogen-bond donors (Lipinski definition) is 1. The normalized spacial score (nSPS) is 24.4. The van der Waals surface area contributed by atoms with Gasteiger partial charge in [0.05, 0.1) is 17.3 Å². The van der Waals surface area contributed by atoms with Gasteiger partial charge in [-0.05, 0) is 39.2 Å². The summed E-state index contributed by atoms with van der Waals surface area (Å²) in [5, 5.41) is 0. The lowest BCUT2D eigenvalue weighted by Crippen LogP contribution is -2.33. The first-order valence-corrected chi connectivity index (χ1v) is 7.56. The van der Waals surface area contributed by atoms with Crippen molar-refractivity contribution in [3.05, 3.63) is 23.3 Å². The van der Waals surface area contributed by atoms with Crippen molar-refractivity contribution >= 4 is 5.91 Å². The second-order valence-electron chi connectivity index (χ2n) is 5.93. The summed E-state index contributed by atoms with van der Waals surface area (Å²) in [7, 11) is 0. The quantitative estimate of drug-likeness (QED) is 0.914. The molecule has 0 bridgehead atoms. The van der Waals surface area contributed by atoms with E-state index in [4.69, 9.17) is 5.73 Å². The Morgan fingerprint density at radius 3 is 2.70 bits per heavy atom. The van der Waals surface area contributed by atoms with Gasteiger partial charge in [0.2, 0.25) is 0 Å². The van der Waals surface area contributed by atoms with Gasteiger partial charge in [0.1, 0.15) is 5.82 Å². The van der Waals surface area contributed by atoms with E-state index in [1.807, 2.05) is 6.92 Å². The molecule has 1 aliphatic heterocycles. The van der Waals surface area contributed by atoms with Crippen molar-refractivity contribution < 1.29 is 4.79 Å². The molecule has 3 rings (SSSR count). The van der Waals surface area contributed by atoms with Gasteiger partial charge in [-0.15, -0.1) is 0 Å². The van der Waals surface area contributed by atoms with Crippen LogP contribution in [0.2, 0.25) is 0 Å². The minimum absolute atomic E-state index is 0.318. The lowest BCUT2D eigenvalue weighted by molar-refractivity contribution is 0.0998. The highest BCUT2D eigenvalue weighted by molar-refractivity contribution is 5.93. The van der Waals surface area contributed by atoms with E-state index in [-0.39, 0.29) is 0 Å². The molecule has 1 amide bonds. The van der Waals surface area contributed by atoms with Gasteiger partial charge in [0, 0.05) is 12.2 Å². The third kappa shape index (κ3) is 2.42. The molecule has 1 aromatic heterocycles. The Labute approximate surface area is 119 Å². The Balaban J connectivity index is 1.84. The van der Waals surface area contributed by atoms with E-state index in [2.05, 4.69) is 14.9 Å². The second-order valence-corrected chi connectivity index (χ2v) is 5.93. The summed E-state index contributed by atoms with van der Waals surface area (Å²) < 4.78 is 0. The minimum Gasteiger partial charge on any atom is -0.365 e. The van der Waals surface area contributed by atoms with E-state index < -0.39 is 5.91 Å². The highest BCUT2D eigenvalue weighted by atomic mass is 16.1. The van der Waals surface area contributed by atoms with Gasteiger partial charge in [-0.1, -0.05) is 12.8 Å². The smallest absolute Gasteiger partial charge is 0.252 e. The first-order chi connectivity index (χ1) is 9.66. The first-order valence-electron chi connectivity index (χ1n) is 7.56. The Bertz CT molecular complexity index is 511. The number of rotatable bonds is 3. The topological polar surface area (TPSA) is 72.1 Å². The molecule has 1 saturated heterocycles. The molecule has 1 saturated carbocycles. The Kier molecular flexibility index (Phi) is 3.70. The number of carbonyl (C=O) groups is 1. The van der Waals surface area contributed by atoms with Crippen LogP contribution in [0, 0.1) is 6.92 Å². The zero-order chi connectivity index (χ0) is 14.1. The van der Waals surface area contributed by atoms with E-state index in [9.17, 15) is 4.79 Å². The second kappa shape index (κ2) is 5.48. The third-order valence-electron chi connectivity index (χ3n) is 4.65. The maximum absolute atomic E-state index is 11.3. The van der Waals surface area contributed by atoms with Crippen molar-refractivity contribution in [3.63, 3.8) is 0 Å². The molecule has 1 atom stereocenters. The summed E-state index contributed by atoms with van der Waals surface area (Å²) in [6.07, 6.45) is 9.20. The molecule has 108 valence electrons. The molecule has 0 aromatic carbocycles. The van der Waals surface area contributed by atoms with Crippen LogP contribution in [0.1, 0.15) is 66.4 Å². The fraction of sp³-hybridized carbons (Fsp3) is 0.667. The van der Waals surface area contributed by atoms with E-state index in [1.54, 1.807) is 6.20 Å². The summed E-state index contributed by atoms with van der Waals surface area (Å²) in [6, 6.07) is 1.01. The molecule has 20 heavy (non-hydrogen) atoms. The van der Waals surface area contributed by atoms with Crippen molar-refractivity contribution in [2.45, 2.75) is 57.5 Å². The number of primary amides is 1. The number of nitrogens with zero attached hydrogens (tertiary/aromatic N) is 3. The van der Waals surface area contributed by atoms with Crippen LogP contribution in [0.4, 0.5) is 0 Å². The number of aromatic nitrogens is 2. The fourth-order valence-corrected chi connectivity index (χ4v) is 3.63. The molecule has 1 aliphatic carbocycles. The van der Waals surface area contributed by atoms with Crippen LogP contribution in [-0.4, -0.2) is 33.4 Å². The number of carbonyl (C=O) groups excluding carboxylic acids is 1. The molecule has 2 N–H and O–H groups in total. The van der Waals surface area contributed by atoms with Gasteiger partial charge in [0.25, 0.3) is 5.91 Å². The van der Waals surface area contributed by atoms with E-state index in [1.165, 1.54) is 32.1 Å². The van der Waals surface area contributed by atoms with Crippen LogP contribution >= 0.6 is 0 Å². The van der Waals surface area contributed by atoms with Crippen LogP contribution in [0.3, 0.4) is 0 Å². The van der Waals surface area contributed by atoms with E-state index in [0.717, 1.165) is 18.8 Å². The van der Waals surface area contributed by atoms with Crippen LogP contribution in [0.5, 0.6) is 0 Å². The lowest BCUT2D eigenvalue weighted by atomic mass is 10.1. The summed E-state index contributed by atoms with van der Waals surface area (Å²) in [4.78, 5) is 22.8. The molecule has 5 heteroatoms. The van der Waals surface area contributed by atoms with E-state index in [0.29, 0.717) is 23.3 Å². The van der Waals surface area contributed by atoms with Crippen LogP contribution in [0.25, 0.3) is 0 Å². The maximum atomic E-state index is 11.3. The number of amides is 1. The molecule has 2 aliphatic rings. The van der Waals surface area contributed by atoms with Gasteiger partial charge >= 0.3 is 0 Å². The largest absolute Gasteiger partial charge is 0.365 e. The van der Waals surface area contributed by atoms with E-state index >= 15 is 0 Å². The number of hydrogen-bond acceptors (Lipinski definition) is 4. The SMILES string of the molecule is Cc1nc([C@H]2CCCN2C2CCCC2)ncc1C(N)=O. The van der Waals surface area contributed by atoms with Crippen molar-refractivity contribution in [1.82, 2.24) is 14.9 Å². The Morgan fingerprint density at radius 1 is 1.30 bits per heavy atom. The van der Waals surface area contributed by atoms with Crippen molar-refractivity contribution in [2.24, 2.45) is 5.73 Å². The molecule has 5 nitrogen and oxygen atoms in total. The molecule has 0 unspecified atom stereocenters. The molecular formula is C15H22N4O. The van der Waals surface area contributed by atoms with Gasteiger partial charge in [-0.25, -0.2) is 9.97 Å². The first kappa shape index (κ1) is 13.5. The average Bonchev–Trinajstić information content (AvgIpc) is 3.09. The molecular weight excluding hydrogens is 252 g/mol. The maximum Gasteiger partial charge on any atom is 0.252 e. The van der Waals surface area contributed by atoms with Crippen LogP contribution < -0.4 is 5.73 Å². The lowest BCUT2D eigenvalue weighted by Gasteiger charge is -2.29. The van der Waals surface area contributed by atoms with Gasteiger partial charge in [-0.2, -0.15) is 0 Å². The highest BCUT2D eigenvalue weighted by Crippen LogP contribution is 2.36. The highest BCUT2D eigenvalue weighted by Gasteiger charge is 2.34. The number of aryl methyl sites for hydroxylation is 1. The van der Waals surface area contributed by atoms with Crippen LogP contribution in [-0.2, 0) is 0 Å². The predicted molar refractivity (Wildman–Crippen MR) is 76.2 cm³/mol. The molecule has 0 spiro atoms. The van der Waals surface area contributed by atoms with Gasteiger partial charge in [-0.3, -0.25) is 9.69 Å². The predicted octanol–water partition coefficient (Wildman–Crippen LogP) is 1.96. The zero-order valence-electron chi connectivity index (χ0n) is 12.0. The average molecular weight is 274 g/mol. The minimum atomic E-state index is -0.451. The molecule has 1 aromatic rings. The Hall–Kier alpha value is -1.49. The number of nitrogens with two attached hydrogens (primary N) is 1. The molecule has 0 radical (unpaired) electrons. The zero-order valence-corrected chi connectivity index (χ0v) is 12.0. The fourth-order valence-electron chi connectivity index (χ4n) is 3.63. The van der Waals surface area contributed by atoms with Crippen LogP contribution in [0.15, 0.2) is 6.20 Å². The molecule has 2 fully saturated rings. The standard InChI is InChI=1S/C15H22N4O/c1-10-12(14(16)20)9-17-15(18-10)13-7-4-8-19(13)11-5-2-3-6-11/h9,11,13H,2-8H2,1H3,(H2,16,20)/t13-/m1/s1. The summed E-state index contributed by atoms with van der Waals surface area (Å²) in [6.45, 7) is 2.98. The van der Waals surface area contributed by atoms with Crippen molar-refractivity contribution in [3.8, 4) is 0 Å². The summed E-state index contributed by atoms with van der Waals surface area (Å²) in [5.74, 6) is 0.407. The Morgan fingerprint density at radius 2 is 2.05 bits per heavy atom. The van der Waals surface area contributed by atoms with Gasteiger partial charge in [0.15, 0.2) is 0 Å².